The summed E-state index contributed by atoms with van der Waals surface area (Å²) in [6, 6.07) is 14.7. The standard InChI is InChI=1S/C47H48N8O10/c1-4-28-30-18-27(11-12-35(30)50-40-33(28)22-54-37(40)20-31-34(43(54)59)23-64-45(61)41(31)58)65-47(63)53-13-5-6-36(53)44(60)52-16-14-51(15-17-52)25-7-9-26(10-8-25)55(46(49)62)42(48)32-19-29(24(2)3)38(56)21-39(32)57/h7-12,18-21,24,36,41,48,56-58H,4-6,13-17,22-23H2,1-3H3,(H2,49,62). The van der Waals surface area contributed by atoms with Crippen molar-refractivity contribution in [1.82, 2.24) is 19.4 Å². The van der Waals surface area contributed by atoms with Gasteiger partial charge in [0.2, 0.25) is 5.91 Å². The Morgan fingerprint density at radius 3 is 2.40 bits per heavy atom. The third-order valence-electron chi connectivity index (χ3n) is 12.9. The van der Waals surface area contributed by atoms with Crippen molar-refractivity contribution in [2.75, 3.05) is 42.5 Å². The Morgan fingerprint density at radius 2 is 1.71 bits per heavy atom. The molecule has 18 heteroatoms. The molecule has 4 amide bonds. The molecule has 18 nitrogen and oxygen atoms in total. The topological polar surface area (TPSA) is 245 Å². The summed E-state index contributed by atoms with van der Waals surface area (Å²) in [7, 11) is 0. The SMILES string of the molecule is CCc1c2c(nc3ccc(OC(=O)N4CCCC4C(=O)N4CCN(c5ccc(N(C(=N)c6cc(C(C)C)c(O)cc6O)C(N)=O)cc5)CC4)cc13)-c1cc3c(c(=O)n1C2)COC(=O)C3O. The molecule has 2 unspecified atom stereocenters. The third-order valence-corrected chi connectivity index (χ3v) is 12.9. The summed E-state index contributed by atoms with van der Waals surface area (Å²) >= 11 is 0. The molecule has 2 atom stereocenters. The van der Waals surface area contributed by atoms with Crippen LogP contribution in [0.2, 0.25) is 0 Å². The van der Waals surface area contributed by atoms with Crippen LogP contribution in [0.5, 0.6) is 17.2 Å². The lowest BCUT2D eigenvalue weighted by Crippen LogP contribution is -2.54. The molecule has 4 aliphatic rings. The van der Waals surface area contributed by atoms with E-state index in [-0.39, 0.29) is 70.3 Å². The minimum Gasteiger partial charge on any atom is -0.508 e. The number of aryl methyl sites for hydroxylation is 1. The van der Waals surface area contributed by atoms with Crippen molar-refractivity contribution in [3.63, 3.8) is 0 Å². The van der Waals surface area contributed by atoms with Gasteiger partial charge in [-0.2, -0.15) is 0 Å². The van der Waals surface area contributed by atoms with Crippen LogP contribution in [-0.2, 0) is 33.9 Å². The lowest BCUT2D eigenvalue weighted by Gasteiger charge is -2.38. The summed E-state index contributed by atoms with van der Waals surface area (Å²) in [5.41, 5.74) is 11.0. The number of likely N-dealkylation sites (tertiary alicyclic amines) is 1. The zero-order valence-corrected chi connectivity index (χ0v) is 36.0. The van der Waals surface area contributed by atoms with Gasteiger partial charge in [0.15, 0.2) is 6.10 Å². The number of aromatic nitrogens is 2. The monoisotopic (exact) mass is 884 g/mol. The molecule has 5 aromatic rings. The van der Waals surface area contributed by atoms with E-state index in [2.05, 4.69) is 4.90 Å². The van der Waals surface area contributed by atoms with Crippen molar-refractivity contribution < 1.29 is 44.0 Å². The van der Waals surface area contributed by atoms with Crippen molar-refractivity contribution in [3.05, 3.63) is 104 Å². The largest absolute Gasteiger partial charge is 0.508 e. The van der Waals surface area contributed by atoms with Crippen LogP contribution in [0.4, 0.5) is 21.0 Å². The van der Waals surface area contributed by atoms with Crippen LogP contribution >= 0.6 is 0 Å². The van der Waals surface area contributed by atoms with Crippen molar-refractivity contribution >= 4 is 52.1 Å². The van der Waals surface area contributed by atoms with Gasteiger partial charge in [-0.3, -0.25) is 19.9 Å². The Hall–Kier alpha value is -7.47. The molecule has 9 rings (SSSR count). The molecule has 2 saturated heterocycles. The number of fused-ring (bicyclic) bond motifs is 5. The van der Waals surface area contributed by atoms with E-state index in [9.17, 15) is 39.3 Å². The molecule has 0 saturated carbocycles. The molecule has 2 fully saturated rings. The average Bonchev–Trinajstić information content (AvgIpc) is 3.93. The number of aliphatic hydroxyl groups excluding tert-OH is 1. The molecular weight excluding hydrogens is 837 g/mol. The van der Waals surface area contributed by atoms with E-state index in [1.165, 1.54) is 11.0 Å². The van der Waals surface area contributed by atoms with Gasteiger partial charge in [-0.1, -0.05) is 20.8 Å². The number of phenolic OH excluding ortho intramolecular Hbond substituents is 2. The average molecular weight is 885 g/mol. The number of nitrogens with two attached hydrogens (primary N) is 1. The maximum absolute atomic E-state index is 14.0. The van der Waals surface area contributed by atoms with E-state index in [0.29, 0.717) is 80.1 Å². The lowest BCUT2D eigenvalue weighted by molar-refractivity contribution is -0.157. The second kappa shape index (κ2) is 16.6. The maximum Gasteiger partial charge on any atom is 0.415 e. The first-order valence-electron chi connectivity index (χ1n) is 21.6. The van der Waals surface area contributed by atoms with Crippen LogP contribution in [0, 0.1) is 5.41 Å². The number of anilines is 2. The summed E-state index contributed by atoms with van der Waals surface area (Å²) < 4.78 is 12.5. The van der Waals surface area contributed by atoms with E-state index in [1.54, 1.807) is 58.0 Å². The van der Waals surface area contributed by atoms with E-state index >= 15 is 0 Å². The Labute approximate surface area is 372 Å². The Bertz CT molecular complexity index is 2890. The van der Waals surface area contributed by atoms with Crippen LogP contribution in [0.15, 0.2) is 65.5 Å². The minimum absolute atomic E-state index is 0.0387. The second-order valence-corrected chi connectivity index (χ2v) is 17.0. The number of carbonyl (C=O) groups is 4. The van der Waals surface area contributed by atoms with Crippen molar-refractivity contribution in [2.45, 2.75) is 71.2 Å². The maximum atomic E-state index is 14.0. The van der Waals surface area contributed by atoms with Gasteiger partial charge in [-0.25, -0.2) is 24.3 Å². The van der Waals surface area contributed by atoms with E-state index < -0.39 is 30.2 Å². The number of urea groups is 1. The van der Waals surface area contributed by atoms with Crippen LogP contribution in [0.3, 0.4) is 0 Å². The fourth-order valence-electron chi connectivity index (χ4n) is 9.50. The Morgan fingerprint density at radius 1 is 0.969 bits per heavy atom. The number of amidine groups is 1. The molecule has 0 radical (unpaired) electrons. The van der Waals surface area contributed by atoms with Crippen LogP contribution in [0.25, 0.3) is 22.3 Å². The van der Waals surface area contributed by atoms with Crippen LogP contribution in [-0.4, -0.2) is 103 Å². The number of phenols is 2. The van der Waals surface area contributed by atoms with E-state index in [0.717, 1.165) is 33.2 Å². The van der Waals surface area contributed by atoms with Crippen LogP contribution in [0.1, 0.15) is 79.0 Å². The predicted molar refractivity (Wildman–Crippen MR) is 238 cm³/mol. The van der Waals surface area contributed by atoms with Crippen molar-refractivity contribution in [2.24, 2.45) is 5.73 Å². The van der Waals surface area contributed by atoms with Gasteiger partial charge in [0.05, 0.1) is 40.3 Å². The number of amides is 4. The number of aliphatic hydroxyl groups is 1. The summed E-state index contributed by atoms with van der Waals surface area (Å²) in [4.78, 5) is 77.1. The fraction of sp³-hybridized carbons (Fsp3) is 0.340. The van der Waals surface area contributed by atoms with Gasteiger partial charge in [0.1, 0.15) is 35.7 Å². The number of pyridine rings is 2. The highest BCUT2D eigenvalue weighted by molar-refractivity contribution is 6.22. The molecule has 6 heterocycles. The number of hydrogen-bond donors (Lipinski definition) is 5. The molecular formula is C47H48N8O10. The summed E-state index contributed by atoms with van der Waals surface area (Å²) in [5.74, 6) is -1.62. The van der Waals surface area contributed by atoms with Crippen molar-refractivity contribution in [3.8, 4) is 28.6 Å². The summed E-state index contributed by atoms with van der Waals surface area (Å²) in [5, 5.41) is 40.9. The number of rotatable bonds is 7. The highest BCUT2D eigenvalue weighted by Crippen LogP contribution is 2.39. The number of esters is 1. The van der Waals surface area contributed by atoms with Gasteiger partial charge in [0.25, 0.3) is 5.56 Å². The predicted octanol–water partition coefficient (Wildman–Crippen LogP) is 4.84. The number of ether oxygens (including phenoxy) is 2. The number of nitrogens with zero attached hydrogens (tertiary/aromatic N) is 6. The number of carbonyl (C=O) groups excluding carboxylic acids is 4. The van der Waals surface area contributed by atoms with Gasteiger partial charge in [-0.15, -0.1) is 0 Å². The van der Waals surface area contributed by atoms with E-state index in [4.69, 9.17) is 25.6 Å². The van der Waals surface area contributed by atoms with Gasteiger partial charge in [0, 0.05) is 61.0 Å². The molecule has 2 aromatic heterocycles. The minimum atomic E-state index is -1.55. The van der Waals surface area contributed by atoms with Gasteiger partial charge >= 0.3 is 18.1 Å². The zero-order valence-electron chi connectivity index (χ0n) is 36.0. The molecule has 0 bridgehead atoms. The quantitative estimate of drug-likeness (QED) is 0.0822. The first-order valence-corrected chi connectivity index (χ1v) is 21.6. The van der Waals surface area contributed by atoms with Gasteiger partial charge < -0.3 is 44.9 Å². The lowest BCUT2D eigenvalue weighted by atomic mass is 9.97. The fourth-order valence-corrected chi connectivity index (χ4v) is 9.50. The Balaban J connectivity index is 0.852. The molecule has 65 heavy (non-hydrogen) atoms. The zero-order chi connectivity index (χ0) is 46.0. The first-order chi connectivity index (χ1) is 31.1. The number of nitrogens with one attached hydrogen (secondary N) is 1. The number of piperazine rings is 1. The Kier molecular flexibility index (Phi) is 10.9. The smallest absolute Gasteiger partial charge is 0.415 e. The highest BCUT2D eigenvalue weighted by Gasteiger charge is 2.39. The first kappa shape index (κ1) is 42.8. The molecule has 4 aliphatic heterocycles. The number of hydrogen-bond acceptors (Lipinski definition) is 13. The molecule has 6 N–H and O–H groups in total. The van der Waals surface area contributed by atoms with E-state index in [1.807, 2.05) is 20.8 Å². The van der Waals surface area contributed by atoms with Crippen molar-refractivity contribution in [1.29, 1.82) is 5.41 Å². The number of aromatic hydroxyl groups is 2. The molecule has 0 spiro atoms. The van der Waals surface area contributed by atoms with Crippen LogP contribution < -0.4 is 25.8 Å². The molecule has 3 aromatic carbocycles. The molecule has 0 aliphatic carbocycles. The highest BCUT2D eigenvalue weighted by atomic mass is 16.6. The number of primary amides is 1. The number of benzene rings is 3. The normalized spacial score (nSPS) is 17.7. The summed E-state index contributed by atoms with van der Waals surface area (Å²) in [6.45, 7) is 7.91. The summed E-state index contributed by atoms with van der Waals surface area (Å²) in [6.07, 6.45) is -0.473. The second-order valence-electron chi connectivity index (χ2n) is 17.0. The third kappa shape index (κ3) is 7.42. The van der Waals surface area contributed by atoms with Gasteiger partial charge in [-0.05, 0) is 90.9 Å². The number of cyclic esters (lactones) is 1. The molecule has 336 valence electrons.